The van der Waals surface area contributed by atoms with Gasteiger partial charge in [-0.25, -0.2) is 4.98 Å². The van der Waals surface area contributed by atoms with Crippen LogP contribution in [0.4, 0.5) is 5.69 Å². The van der Waals surface area contributed by atoms with Crippen molar-refractivity contribution in [3.8, 4) is 5.75 Å². The molecule has 2 aliphatic carbocycles. The highest BCUT2D eigenvalue weighted by Gasteiger charge is 2.66. The molecule has 2 heterocycles. The van der Waals surface area contributed by atoms with E-state index in [9.17, 15) is 0 Å². The number of fused-ring (bicyclic) bond motifs is 2. The van der Waals surface area contributed by atoms with Crippen molar-refractivity contribution < 1.29 is 9.47 Å². The maximum absolute atomic E-state index is 6.07. The minimum atomic E-state index is 0.380. The Hall–Kier alpha value is -2.01. The van der Waals surface area contributed by atoms with E-state index >= 15 is 0 Å². The summed E-state index contributed by atoms with van der Waals surface area (Å²) in [6.45, 7) is 2.37. The van der Waals surface area contributed by atoms with Crippen molar-refractivity contribution in [2.45, 2.75) is 44.4 Å². The molecule has 3 atom stereocenters. The number of para-hydroxylation sites is 2. The minimum Gasteiger partial charge on any atom is -0.490 e. The van der Waals surface area contributed by atoms with Crippen LogP contribution in [0.15, 0.2) is 43.0 Å². The number of hydrogen-bond acceptors (Lipinski definition) is 4. The largest absolute Gasteiger partial charge is 0.490 e. The summed E-state index contributed by atoms with van der Waals surface area (Å²) in [5.41, 5.74) is 1.50. The Kier molecular flexibility index (Phi) is 3.70. The van der Waals surface area contributed by atoms with Crippen LogP contribution in [0.25, 0.3) is 0 Å². The lowest BCUT2D eigenvalue weighted by Crippen LogP contribution is -2.68. The standard InChI is InChI=1S/C20H25N3O2/c1-2-5-17(24-13-11-23-10-9-21-14-23)16(4-1)22-18-15-6-12-25-19(15)20(18)7-3-8-20/h1-2,4-5,9-10,14-15,18-19,22H,3,6-8,11-13H2/t15-,18-,19+/m1/s1. The third kappa shape index (κ3) is 2.44. The molecule has 3 fully saturated rings. The summed E-state index contributed by atoms with van der Waals surface area (Å²) in [7, 11) is 0. The fraction of sp³-hybridized carbons (Fsp3) is 0.550. The topological polar surface area (TPSA) is 48.3 Å². The second-order valence-corrected chi connectivity index (χ2v) is 7.60. The van der Waals surface area contributed by atoms with Crippen molar-refractivity contribution in [2.24, 2.45) is 11.3 Å². The Morgan fingerprint density at radius 1 is 1.32 bits per heavy atom. The van der Waals surface area contributed by atoms with Gasteiger partial charge in [0.2, 0.25) is 0 Å². The van der Waals surface area contributed by atoms with Crippen LogP contribution in [0.3, 0.4) is 0 Å². The Labute approximate surface area is 148 Å². The first-order valence-corrected chi connectivity index (χ1v) is 9.42. The quantitative estimate of drug-likeness (QED) is 0.877. The zero-order valence-electron chi connectivity index (χ0n) is 14.4. The number of nitrogens with one attached hydrogen (secondary N) is 1. The van der Waals surface area contributed by atoms with Crippen molar-refractivity contribution in [3.05, 3.63) is 43.0 Å². The van der Waals surface area contributed by atoms with Crippen molar-refractivity contribution in [1.29, 1.82) is 0 Å². The molecule has 1 N–H and O–H groups in total. The first-order chi connectivity index (χ1) is 12.4. The summed E-state index contributed by atoms with van der Waals surface area (Å²) >= 11 is 0. The molecule has 5 rings (SSSR count). The summed E-state index contributed by atoms with van der Waals surface area (Å²) in [6, 6.07) is 8.86. The predicted octanol–water partition coefficient (Wildman–Crippen LogP) is 3.33. The average molecular weight is 339 g/mol. The van der Waals surface area contributed by atoms with Crippen LogP contribution < -0.4 is 10.1 Å². The Morgan fingerprint density at radius 3 is 3.04 bits per heavy atom. The highest BCUT2D eigenvalue weighted by Crippen LogP contribution is 2.63. The van der Waals surface area contributed by atoms with E-state index in [1.165, 1.54) is 25.7 Å². The van der Waals surface area contributed by atoms with Gasteiger partial charge in [-0.05, 0) is 31.4 Å². The van der Waals surface area contributed by atoms with E-state index in [0.717, 1.165) is 24.6 Å². The highest BCUT2D eigenvalue weighted by atomic mass is 16.5. The molecular weight excluding hydrogens is 314 g/mol. The summed E-state index contributed by atoms with van der Waals surface area (Å²) in [4.78, 5) is 4.07. The second kappa shape index (κ2) is 6.06. The average Bonchev–Trinajstić information content (AvgIpc) is 3.23. The number of hydrogen-bond donors (Lipinski definition) is 1. The van der Waals surface area contributed by atoms with Gasteiger partial charge in [0.1, 0.15) is 12.4 Å². The third-order valence-electron chi connectivity index (χ3n) is 6.40. The number of benzene rings is 1. The van der Waals surface area contributed by atoms with Crippen LogP contribution in [-0.4, -0.2) is 34.9 Å². The molecule has 0 radical (unpaired) electrons. The van der Waals surface area contributed by atoms with Gasteiger partial charge in [-0.2, -0.15) is 0 Å². The van der Waals surface area contributed by atoms with Gasteiger partial charge in [-0.1, -0.05) is 18.6 Å². The lowest BCUT2D eigenvalue weighted by Gasteiger charge is -2.63. The number of aromatic nitrogens is 2. The molecule has 1 saturated heterocycles. The van der Waals surface area contributed by atoms with Crippen LogP contribution >= 0.6 is 0 Å². The predicted molar refractivity (Wildman–Crippen MR) is 95.7 cm³/mol. The lowest BCUT2D eigenvalue weighted by molar-refractivity contribution is -0.158. The summed E-state index contributed by atoms with van der Waals surface area (Å²) in [5, 5.41) is 3.83. The number of imidazole rings is 1. The van der Waals surface area contributed by atoms with Gasteiger partial charge >= 0.3 is 0 Å². The van der Waals surface area contributed by atoms with Crippen molar-refractivity contribution >= 4 is 5.69 Å². The third-order valence-corrected chi connectivity index (χ3v) is 6.40. The molecule has 5 nitrogen and oxygen atoms in total. The molecule has 1 aliphatic heterocycles. The van der Waals surface area contributed by atoms with Crippen molar-refractivity contribution in [3.63, 3.8) is 0 Å². The molecule has 0 bridgehead atoms. The number of ether oxygens (including phenoxy) is 2. The maximum Gasteiger partial charge on any atom is 0.142 e. The zero-order valence-corrected chi connectivity index (χ0v) is 14.4. The van der Waals surface area contributed by atoms with Gasteiger partial charge in [0.25, 0.3) is 0 Å². The van der Waals surface area contributed by atoms with E-state index in [1.54, 1.807) is 6.20 Å². The molecule has 0 amide bonds. The molecule has 132 valence electrons. The van der Waals surface area contributed by atoms with E-state index in [0.29, 0.717) is 30.1 Å². The lowest BCUT2D eigenvalue weighted by atomic mass is 9.46. The number of rotatable bonds is 6. The van der Waals surface area contributed by atoms with Crippen molar-refractivity contribution in [1.82, 2.24) is 9.55 Å². The fourth-order valence-corrected chi connectivity index (χ4v) is 5.02. The Bertz CT molecular complexity index is 726. The fourth-order valence-electron chi connectivity index (χ4n) is 5.02. The second-order valence-electron chi connectivity index (χ2n) is 7.60. The normalized spacial score (nSPS) is 28.9. The molecule has 3 aliphatic rings. The molecule has 5 heteroatoms. The molecule has 1 spiro atoms. The van der Waals surface area contributed by atoms with Gasteiger partial charge in [0, 0.05) is 36.4 Å². The summed E-state index contributed by atoms with van der Waals surface area (Å²) < 4.78 is 14.1. The van der Waals surface area contributed by atoms with Gasteiger partial charge in [0.05, 0.1) is 24.7 Å². The van der Waals surface area contributed by atoms with E-state index in [4.69, 9.17) is 9.47 Å². The molecule has 0 unspecified atom stereocenters. The summed E-state index contributed by atoms with van der Waals surface area (Å²) in [6.07, 6.45) is 11.2. The monoisotopic (exact) mass is 339 g/mol. The van der Waals surface area contributed by atoms with E-state index < -0.39 is 0 Å². The van der Waals surface area contributed by atoms with E-state index in [-0.39, 0.29) is 0 Å². The van der Waals surface area contributed by atoms with Gasteiger partial charge in [-0.3, -0.25) is 0 Å². The molecular formula is C20H25N3O2. The number of anilines is 1. The number of nitrogens with zero attached hydrogens (tertiary/aromatic N) is 2. The Morgan fingerprint density at radius 2 is 2.24 bits per heavy atom. The van der Waals surface area contributed by atoms with Crippen LogP contribution in [0.5, 0.6) is 5.75 Å². The maximum atomic E-state index is 6.07. The van der Waals surface area contributed by atoms with Gasteiger partial charge in [0.15, 0.2) is 0 Å². The van der Waals surface area contributed by atoms with E-state index in [2.05, 4.69) is 28.5 Å². The first kappa shape index (κ1) is 15.3. The molecule has 25 heavy (non-hydrogen) atoms. The van der Waals surface area contributed by atoms with Crippen molar-refractivity contribution in [2.75, 3.05) is 18.5 Å². The molecule has 1 aromatic heterocycles. The van der Waals surface area contributed by atoms with Gasteiger partial charge < -0.3 is 19.4 Å². The smallest absolute Gasteiger partial charge is 0.142 e. The van der Waals surface area contributed by atoms with E-state index in [1.807, 2.05) is 23.2 Å². The van der Waals surface area contributed by atoms with Crippen LogP contribution in [0, 0.1) is 11.3 Å². The molecule has 2 aromatic rings. The van der Waals surface area contributed by atoms with Gasteiger partial charge in [-0.15, -0.1) is 0 Å². The first-order valence-electron chi connectivity index (χ1n) is 9.42. The molecule has 1 aromatic carbocycles. The van der Waals surface area contributed by atoms with Crippen LogP contribution in [-0.2, 0) is 11.3 Å². The van der Waals surface area contributed by atoms with Crippen LogP contribution in [0.1, 0.15) is 25.7 Å². The minimum absolute atomic E-state index is 0.380. The highest BCUT2D eigenvalue weighted by molar-refractivity contribution is 5.58. The zero-order chi connectivity index (χ0) is 16.7. The van der Waals surface area contributed by atoms with Crippen LogP contribution in [0.2, 0.25) is 0 Å². The molecule has 2 saturated carbocycles. The summed E-state index contributed by atoms with van der Waals surface area (Å²) in [5.74, 6) is 1.61. The Balaban J connectivity index is 1.28. The SMILES string of the molecule is c1ccc(OCCn2ccnc2)c(N[C@@H]2[C@H]3CCO[C@@H]3C23CCC3)c1.